The van der Waals surface area contributed by atoms with Crippen molar-refractivity contribution in [3.05, 3.63) is 22.3 Å². The monoisotopic (exact) mass is 311 g/mol. The summed E-state index contributed by atoms with van der Waals surface area (Å²) in [4.78, 5) is 8.38. The van der Waals surface area contributed by atoms with Gasteiger partial charge in [0.25, 0.3) is 0 Å². The Balaban J connectivity index is 2.50. The first-order valence-corrected chi connectivity index (χ1v) is 6.26. The number of nitrogens with two attached hydrogens (primary N) is 1. The average Bonchev–Trinajstić information content (AvgIpc) is 2.31. The van der Waals surface area contributed by atoms with Crippen molar-refractivity contribution in [3.63, 3.8) is 0 Å². The molecule has 2 rings (SSSR count). The molecule has 0 atom stereocenters. The maximum absolute atomic E-state index is 5.67. The molecule has 1 aromatic carbocycles. The molecule has 2 N–H and O–H groups in total. The molecule has 1 heterocycles. The zero-order valence-corrected chi connectivity index (χ0v) is 11.8. The van der Waals surface area contributed by atoms with Gasteiger partial charge in [-0.25, -0.2) is 9.97 Å². The Morgan fingerprint density at radius 3 is 2.78 bits per heavy atom. The van der Waals surface area contributed by atoms with Gasteiger partial charge in [0.2, 0.25) is 5.95 Å². The number of methoxy groups -OCH3 is 1. The van der Waals surface area contributed by atoms with E-state index in [-0.39, 0.29) is 5.95 Å². The van der Waals surface area contributed by atoms with E-state index in [0.29, 0.717) is 19.0 Å². The number of nitrogens with zero attached hydrogens (tertiary/aromatic N) is 2. The van der Waals surface area contributed by atoms with Crippen LogP contribution in [0, 0.1) is 6.92 Å². The van der Waals surface area contributed by atoms with Crippen LogP contribution in [0.1, 0.15) is 5.69 Å². The van der Waals surface area contributed by atoms with E-state index in [9.17, 15) is 0 Å². The third kappa shape index (κ3) is 2.70. The summed E-state index contributed by atoms with van der Waals surface area (Å²) in [6, 6.07) is 3.82. The molecule has 0 fully saturated rings. The summed E-state index contributed by atoms with van der Waals surface area (Å²) < 4.78 is 11.5. The van der Waals surface area contributed by atoms with Crippen molar-refractivity contribution in [2.24, 2.45) is 0 Å². The number of hydrogen-bond donors (Lipinski definition) is 1. The van der Waals surface area contributed by atoms with Crippen LogP contribution in [0.15, 0.2) is 16.6 Å². The molecule has 96 valence electrons. The number of ether oxygens (including phenoxy) is 2. The van der Waals surface area contributed by atoms with Crippen molar-refractivity contribution < 1.29 is 9.47 Å². The Morgan fingerprint density at radius 1 is 1.28 bits per heavy atom. The number of nitrogen functional groups attached to an aromatic ring is 1. The van der Waals surface area contributed by atoms with Crippen LogP contribution < -0.4 is 10.5 Å². The summed E-state index contributed by atoms with van der Waals surface area (Å²) >= 11 is 3.45. The smallest absolute Gasteiger partial charge is 0.220 e. The third-order valence-electron chi connectivity index (χ3n) is 2.48. The molecule has 0 radical (unpaired) electrons. The molecule has 0 amide bonds. The molecule has 0 unspecified atom stereocenters. The number of benzene rings is 1. The Hall–Kier alpha value is -1.40. The largest absolute Gasteiger partial charge is 0.489 e. The first-order chi connectivity index (χ1) is 8.61. The Kier molecular flexibility index (Phi) is 3.98. The van der Waals surface area contributed by atoms with Crippen molar-refractivity contribution in [2.45, 2.75) is 6.92 Å². The molecule has 0 saturated carbocycles. The summed E-state index contributed by atoms with van der Waals surface area (Å²) in [5, 5.41) is 0.922. The number of anilines is 1. The topological polar surface area (TPSA) is 70.3 Å². The predicted octanol–water partition coefficient (Wildman–Crippen LogP) is 2.31. The van der Waals surface area contributed by atoms with Crippen LogP contribution in [0.25, 0.3) is 10.9 Å². The van der Waals surface area contributed by atoms with Gasteiger partial charge in [-0.1, -0.05) is 15.9 Å². The normalized spacial score (nSPS) is 10.8. The average molecular weight is 312 g/mol. The summed E-state index contributed by atoms with van der Waals surface area (Å²) in [5.74, 6) is 0.924. The molecule has 6 heteroatoms. The molecule has 18 heavy (non-hydrogen) atoms. The van der Waals surface area contributed by atoms with Gasteiger partial charge in [-0.15, -0.1) is 0 Å². The molecule has 0 spiro atoms. The fourth-order valence-electron chi connectivity index (χ4n) is 1.68. The molecule has 0 aliphatic rings. The number of hydrogen-bond acceptors (Lipinski definition) is 5. The highest BCUT2D eigenvalue weighted by atomic mass is 79.9. The van der Waals surface area contributed by atoms with Gasteiger partial charge < -0.3 is 15.2 Å². The highest BCUT2D eigenvalue weighted by Crippen LogP contribution is 2.30. The van der Waals surface area contributed by atoms with E-state index in [1.54, 1.807) is 7.11 Å². The van der Waals surface area contributed by atoms with Crippen molar-refractivity contribution in [1.82, 2.24) is 9.97 Å². The van der Waals surface area contributed by atoms with Crippen molar-refractivity contribution in [1.29, 1.82) is 0 Å². The number of rotatable bonds is 4. The second-order valence-electron chi connectivity index (χ2n) is 3.81. The maximum Gasteiger partial charge on any atom is 0.220 e. The zero-order chi connectivity index (χ0) is 13.1. The molecule has 1 aromatic heterocycles. The first-order valence-electron chi connectivity index (χ1n) is 5.47. The summed E-state index contributed by atoms with van der Waals surface area (Å²) in [6.45, 7) is 2.88. The zero-order valence-electron chi connectivity index (χ0n) is 10.2. The highest BCUT2D eigenvalue weighted by molar-refractivity contribution is 9.10. The minimum absolute atomic E-state index is 0.249. The van der Waals surface area contributed by atoms with E-state index in [1.165, 1.54) is 0 Å². The summed E-state index contributed by atoms with van der Waals surface area (Å²) in [6.07, 6.45) is 0. The Bertz CT molecular complexity index is 575. The maximum atomic E-state index is 5.67. The number of aromatic nitrogens is 2. The van der Waals surface area contributed by atoms with Gasteiger partial charge in [0, 0.05) is 17.0 Å². The standard InChI is InChI=1S/C12H14BrN3O2/c1-7-9-5-8(13)6-10(18-4-3-17-2)11(9)16-12(14)15-7/h5-6H,3-4H2,1-2H3,(H2,14,15,16). The molecule has 0 aliphatic heterocycles. The van der Waals surface area contributed by atoms with Gasteiger partial charge in [-0.05, 0) is 19.1 Å². The van der Waals surface area contributed by atoms with Gasteiger partial charge >= 0.3 is 0 Å². The lowest BCUT2D eigenvalue weighted by Gasteiger charge is -2.10. The second kappa shape index (κ2) is 5.49. The molecule has 0 saturated heterocycles. The van der Waals surface area contributed by atoms with E-state index in [0.717, 1.165) is 21.1 Å². The van der Waals surface area contributed by atoms with Crippen LogP contribution in [0.4, 0.5) is 5.95 Å². The van der Waals surface area contributed by atoms with Crippen LogP contribution in [-0.4, -0.2) is 30.3 Å². The second-order valence-corrected chi connectivity index (χ2v) is 4.72. The van der Waals surface area contributed by atoms with Crippen LogP contribution in [0.2, 0.25) is 0 Å². The molecule has 5 nitrogen and oxygen atoms in total. The van der Waals surface area contributed by atoms with Crippen LogP contribution >= 0.6 is 15.9 Å². The summed E-state index contributed by atoms with van der Waals surface area (Å²) in [7, 11) is 1.63. The fourth-order valence-corrected chi connectivity index (χ4v) is 2.12. The van der Waals surface area contributed by atoms with E-state index in [4.69, 9.17) is 15.2 Å². The first kappa shape index (κ1) is 13.0. The van der Waals surface area contributed by atoms with E-state index >= 15 is 0 Å². The lowest BCUT2D eigenvalue weighted by molar-refractivity contribution is 0.147. The summed E-state index contributed by atoms with van der Waals surface area (Å²) in [5.41, 5.74) is 7.22. The Labute approximate surface area is 113 Å². The van der Waals surface area contributed by atoms with Crippen molar-refractivity contribution >= 4 is 32.8 Å². The minimum atomic E-state index is 0.249. The predicted molar refractivity (Wildman–Crippen MR) is 73.8 cm³/mol. The van der Waals surface area contributed by atoms with E-state index in [2.05, 4.69) is 25.9 Å². The van der Waals surface area contributed by atoms with Gasteiger partial charge in [-0.2, -0.15) is 0 Å². The van der Waals surface area contributed by atoms with Crippen LogP contribution in [0.3, 0.4) is 0 Å². The number of aryl methyl sites for hydroxylation is 1. The highest BCUT2D eigenvalue weighted by Gasteiger charge is 2.10. The van der Waals surface area contributed by atoms with Crippen molar-refractivity contribution in [2.75, 3.05) is 26.1 Å². The Morgan fingerprint density at radius 2 is 2.06 bits per heavy atom. The van der Waals surface area contributed by atoms with Crippen LogP contribution in [0.5, 0.6) is 5.75 Å². The third-order valence-corrected chi connectivity index (χ3v) is 2.94. The van der Waals surface area contributed by atoms with Gasteiger partial charge in [0.15, 0.2) is 0 Å². The molecule has 0 bridgehead atoms. The number of fused-ring (bicyclic) bond motifs is 1. The minimum Gasteiger partial charge on any atom is -0.489 e. The van der Waals surface area contributed by atoms with Gasteiger partial charge in [0.05, 0.1) is 12.3 Å². The molecular formula is C12H14BrN3O2. The molecule has 0 aliphatic carbocycles. The van der Waals surface area contributed by atoms with Crippen molar-refractivity contribution in [3.8, 4) is 5.75 Å². The molecular weight excluding hydrogens is 298 g/mol. The lowest BCUT2D eigenvalue weighted by Crippen LogP contribution is -2.06. The van der Waals surface area contributed by atoms with Gasteiger partial charge in [-0.3, -0.25) is 0 Å². The van der Waals surface area contributed by atoms with E-state index < -0.39 is 0 Å². The van der Waals surface area contributed by atoms with Crippen LogP contribution in [-0.2, 0) is 4.74 Å². The quantitative estimate of drug-likeness (QED) is 0.877. The lowest BCUT2D eigenvalue weighted by atomic mass is 10.2. The van der Waals surface area contributed by atoms with Gasteiger partial charge in [0.1, 0.15) is 17.9 Å². The fraction of sp³-hybridized carbons (Fsp3) is 0.333. The van der Waals surface area contributed by atoms with E-state index in [1.807, 2.05) is 19.1 Å². The molecule has 2 aromatic rings. The number of halogens is 1. The SMILES string of the molecule is COCCOc1cc(Br)cc2c(C)nc(N)nc12.